The van der Waals surface area contributed by atoms with Crippen LogP contribution in [-0.2, 0) is 10.7 Å². The number of benzene rings is 1. The fraction of sp³-hybridized carbons (Fsp3) is 0.667. The Labute approximate surface area is 197 Å². The Morgan fingerprint density at radius 1 is 0.639 bits per heavy atom. The van der Waals surface area contributed by atoms with Crippen molar-refractivity contribution in [3.8, 4) is 0 Å². The fourth-order valence-corrected chi connectivity index (χ4v) is 3.00. The quantitative estimate of drug-likeness (QED) is 0.193. The van der Waals surface area contributed by atoms with E-state index in [9.17, 15) is 61.9 Å². The first kappa shape index (κ1) is 31.8. The lowest BCUT2D eigenvalue weighted by Crippen LogP contribution is -2.69. The number of unbranched alkanes of at least 4 members (excludes halogenated alkanes) is 5. The van der Waals surface area contributed by atoms with Crippen LogP contribution in [0.25, 0.3) is 0 Å². The van der Waals surface area contributed by atoms with Crippen molar-refractivity contribution in [3.63, 3.8) is 0 Å². The van der Waals surface area contributed by atoms with Crippen LogP contribution in [0.1, 0.15) is 57.4 Å². The van der Waals surface area contributed by atoms with E-state index in [4.69, 9.17) is 0 Å². The number of carbonyl (C=O) groups is 1. The SMILES string of the molecule is CCCCCCCCC(=O)Nc1ccc(C(F)(F)C(F)(F)C(F)(F)C(F)(F)C(F)(F)C(F)(F)F)cc1. The highest BCUT2D eigenvalue weighted by Gasteiger charge is 2.90. The molecule has 36 heavy (non-hydrogen) atoms. The number of nitrogens with one attached hydrogen (secondary N) is 1. The summed E-state index contributed by atoms with van der Waals surface area (Å²) in [6.07, 6.45) is -2.46. The summed E-state index contributed by atoms with van der Waals surface area (Å²) in [7, 11) is 0. The molecule has 0 atom stereocenters. The van der Waals surface area contributed by atoms with Crippen molar-refractivity contribution in [3.05, 3.63) is 29.8 Å². The molecule has 0 radical (unpaired) electrons. The number of hydrogen-bond acceptors (Lipinski definition) is 1. The summed E-state index contributed by atoms with van der Waals surface area (Å²) in [5.74, 6) is -37.9. The van der Waals surface area contributed by atoms with E-state index in [0.29, 0.717) is 25.0 Å². The van der Waals surface area contributed by atoms with Gasteiger partial charge in [0.05, 0.1) is 0 Å². The van der Waals surface area contributed by atoms with Crippen LogP contribution < -0.4 is 5.32 Å². The maximum Gasteiger partial charge on any atom is 0.460 e. The van der Waals surface area contributed by atoms with E-state index in [1.165, 1.54) is 0 Å². The molecule has 0 unspecified atom stereocenters. The average molecular weight is 551 g/mol. The minimum Gasteiger partial charge on any atom is -0.326 e. The number of hydrogen-bond donors (Lipinski definition) is 1. The molecular formula is C21H22F13NO. The molecule has 208 valence electrons. The molecule has 15 heteroatoms. The first-order chi connectivity index (χ1) is 16.2. The normalized spacial score (nSPS) is 14.2. The fourth-order valence-electron chi connectivity index (χ4n) is 3.00. The minimum atomic E-state index is -7.95. The molecule has 0 aliphatic heterocycles. The third-order valence-electron chi connectivity index (χ3n) is 5.22. The molecule has 0 saturated carbocycles. The van der Waals surface area contributed by atoms with Gasteiger partial charge in [0.2, 0.25) is 5.91 Å². The molecule has 0 fully saturated rings. The van der Waals surface area contributed by atoms with E-state index in [1.54, 1.807) is 0 Å². The number of rotatable bonds is 13. The van der Waals surface area contributed by atoms with E-state index < -0.39 is 47.3 Å². The third-order valence-corrected chi connectivity index (χ3v) is 5.22. The van der Waals surface area contributed by atoms with Crippen LogP contribution in [0.4, 0.5) is 62.8 Å². The van der Waals surface area contributed by atoms with Crippen LogP contribution in [0.5, 0.6) is 0 Å². The van der Waals surface area contributed by atoms with Crippen LogP contribution in [0.15, 0.2) is 24.3 Å². The first-order valence-corrected chi connectivity index (χ1v) is 10.5. The summed E-state index contributed by atoms with van der Waals surface area (Å²) >= 11 is 0. The Morgan fingerprint density at radius 3 is 1.56 bits per heavy atom. The standard InChI is InChI=1S/C21H22F13NO/c1-2-3-4-5-6-7-8-15(36)35-14-11-9-13(10-12-14)16(22,23)17(24,25)18(26,27)19(28,29)20(30,31)21(32,33)34/h9-12H,2-8H2,1H3,(H,35,36). The number of anilines is 1. The highest BCUT2D eigenvalue weighted by Crippen LogP contribution is 2.62. The van der Waals surface area contributed by atoms with Gasteiger partial charge < -0.3 is 5.32 Å². The van der Waals surface area contributed by atoms with E-state index in [0.717, 1.165) is 25.7 Å². The maximum atomic E-state index is 14.2. The average Bonchev–Trinajstić information content (AvgIpc) is 2.75. The van der Waals surface area contributed by atoms with Gasteiger partial charge in [-0.3, -0.25) is 4.79 Å². The highest BCUT2D eigenvalue weighted by atomic mass is 19.4. The number of halogens is 13. The predicted octanol–water partition coefficient (Wildman–Crippen LogP) is 8.57. The van der Waals surface area contributed by atoms with Crippen molar-refractivity contribution >= 4 is 11.6 Å². The number of amides is 1. The highest BCUT2D eigenvalue weighted by molar-refractivity contribution is 5.90. The van der Waals surface area contributed by atoms with Crippen molar-refractivity contribution in [2.24, 2.45) is 0 Å². The molecule has 0 aliphatic carbocycles. The lowest BCUT2D eigenvalue weighted by Gasteiger charge is -2.39. The van der Waals surface area contributed by atoms with Gasteiger partial charge in [0.15, 0.2) is 0 Å². The minimum absolute atomic E-state index is 0.00315. The van der Waals surface area contributed by atoms with Crippen LogP contribution in [0, 0.1) is 0 Å². The first-order valence-electron chi connectivity index (χ1n) is 10.5. The molecule has 1 aromatic carbocycles. The predicted molar refractivity (Wildman–Crippen MR) is 103 cm³/mol. The lowest BCUT2D eigenvalue weighted by atomic mass is 9.90. The van der Waals surface area contributed by atoms with Gasteiger partial charge in [0, 0.05) is 17.7 Å². The molecule has 0 saturated heterocycles. The summed E-state index contributed by atoms with van der Waals surface area (Å²) in [4.78, 5) is 11.8. The Hall–Kier alpha value is -2.22. The molecule has 0 spiro atoms. The van der Waals surface area contributed by atoms with E-state index >= 15 is 0 Å². The zero-order valence-electron chi connectivity index (χ0n) is 18.6. The number of carbonyl (C=O) groups excluding carboxylic acids is 1. The van der Waals surface area contributed by atoms with Crippen LogP contribution in [0.2, 0.25) is 0 Å². The van der Waals surface area contributed by atoms with E-state index in [-0.39, 0.29) is 24.2 Å². The van der Waals surface area contributed by atoms with Crippen molar-refractivity contribution in [1.82, 2.24) is 0 Å². The molecule has 0 aliphatic rings. The second-order valence-electron chi connectivity index (χ2n) is 8.01. The van der Waals surface area contributed by atoms with Gasteiger partial charge in [0.1, 0.15) is 0 Å². The molecule has 0 heterocycles. The van der Waals surface area contributed by atoms with E-state index in [2.05, 4.69) is 5.32 Å². The van der Waals surface area contributed by atoms with Crippen LogP contribution in [-0.4, -0.2) is 35.8 Å². The topological polar surface area (TPSA) is 29.1 Å². The monoisotopic (exact) mass is 551 g/mol. The molecular weight excluding hydrogens is 529 g/mol. The van der Waals surface area contributed by atoms with Crippen molar-refractivity contribution < 1.29 is 61.9 Å². The van der Waals surface area contributed by atoms with Crippen molar-refractivity contribution in [2.75, 3.05) is 5.32 Å². The van der Waals surface area contributed by atoms with Gasteiger partial charge in [0.25, 0.3) is 0 Å². The van der Waals surface area contributed by atoms with Gasteiger partial charge in [-0.15, -0.1) is 0 Å². The van der Waals surface area contributed by atoms with Gasteiger partial charge in [-0.1, -0.05) is 51.2 Å². The second-order valence-corrected chi connectivity index (χ2v) is 8.01. The van der Waals surface area contributed by atoms with Gasteiger partial charge in [-0.05, 0) is 18.6 Å². The molecule has 2 nitrogen and oxygen atoms in total. The van der Waals surface area contributed by atoms with Gasteiger partial charge in [-0.25, -0.2) is 0 Å². The summed E-state index contributed by atoms with van der Waals surface area (Å²) in [6, 6.07) is 1.03. The van der Waals surface area contributed by atoms with Crippen molar-refractivity contribution in [2.45, 2.75) is 87.7 Å². The molecule has 1 amide bonds. The molecule has 1 rings (SSSR count). The summed E-state index contributed by atoms with van der Waals surface area (Å²) in [5, 5.41) is 2.19. The van der Waals surface area contributed by atoms with Gasteiger partial charge in [-0.2, -0.15) is 57.1 Å². The number of alkyl halides is 13. The van der Waals surface area contributed by atoms with Crippen LogP contribution in [0.3, 0.4) is 0 Å². The van der Waals surface area contributed by atoms with Crippen LogP contribution >= 0.6 is 0 Å². The van der Waals surface area contributed by atoms with Crippen molar-refractivity contribution in [1.29, 1.82) is 0 Å². The summed E-state index contributed by atoms with van der Waals surface area (Å²) in [6.45, 7) is 2.00. The zero-order valence-corrected chi connectivity index (χ0v) is 18.6. The smallest absolute Gasteiger partial charge is 0.326 e. The van der Waals surface area contributed by atoms with E-state index in [1.807, 2.05) is 6.92 Å². The Balaban J connectivity index is 3.05. The zero-order chi connectivity index (χ0) is 28.2. The summed E-state index contributed by atoms with van der Waals surface area (Å²) < 4.78 is 172. The summed E-state index contributed by atoms with van der Waals surface area (Å²) in [5.41, 5.74) is -2.39. The molecule has 0 bridgehead atoms. The maximum absolute atomic E-state index is 14.2. The Kier molecular flexibility index (Phi) is 9.75. The van der Waals surface area contributed by atoms with Gasteiger partial charge >= 0.3 is 35.8 Å². The second kappa shape index (κ2) is 11.0. The largest absolute Gasteiger partial charge is 0.460 e. The molecule has 0 aromatic heterocycles. The Morgan fingerprint density at radius 2 is 1.08 bits per heavy atom. The molecule has 1 N–H and O–H groups in total. The Bertz CT molecular complexity index is 864. The third kappa shape index (κ3) is 6.01. The molecule has 1 aromatic rings. The lowest BCUT2D eigenvalue weighted by molar-refractivity contribution is -0.441.